The summed E-state index contributed by atoms with van der Waals surface area (Å²) in [7, 11) is 0. The smallest absolute Gasteiger partial charge is 0.250 e. The second-order valence-electron chi connectivity index (χ2n) is 4.93. The molecule has 0 saturated carbocycles. The van der Waals surface area contributed by atoms with Gasteiger partial charge in [0.15, 0.2) is 5.13 Å². The van der Waals surface area contributed by atoms with Crippen LogP contribution in [0.4, 0.5) is 13.9 Å². The highest BCUT2D eigenvalue weighted by molar-refractivity contribution is 7.14. The Morgan fingerprint density at radius 1 is 1.29 bits per heavy atom. The number of anilines is 1. The Bertz CT molecular complexity index is 915. The molecule has 2 heterocycles. The topological polar surface area (TPSA) is 55.1 Å². The zero-order valence-electron chi connectivity index (χ0n) is 12.5. The average Bonchev–Trinajstić information content (AvgIpc) is 3.14. The molecule has 4 nitrogen and oxygen atoms in total. The molecule has 7 heteroatoms. The van der Waals surface area contributed by atoms with E-state index < -0.39 is 11.6 Å². The molecule has 1 amide bonds. The molecule has 2 aromatic heterocycles. The number of aryl methyl sites for hydroxylation is 1. The molecule has 0 radical (unpaired) electrons. The lowest BCUT2D eigenvalue weighted by atomic mass is 10.1. The lowest BCUT2D eigenvalue weighted by Gasteiger charge is -1.99. The Labute approximate surface area is 140 Å². The van der Waals surface area contributed by atoms with Gasteiger partial charge in [-0.25, -0.2) is 13.8 Å². The normalized spacial score (nSPS) is 11.1. The van der Waals surface area contributed by atoms with Crippen molar-refractivity contribution < 1.29 is 18.0 Å². The summed E-state index contributed by atoms with van der Waals surface area (Å²) in [5, 5.41) is 4.49. The Hall–Kier alpha value is -2.80. The number of hydrogen-bond acceptors (Lipinski definition) is 4. The van der Waals surface area contributed by atoms with Gasteiger partial charge in [0.05, 0.1) is 5.69 Å². The molecule has 122 valence electrons. The summed E-state index contributed by atoms with van der Waals surface area (Å²) in [6.45, 7) is 1.81. The fourth-order valence-corrected chi connectivity index (χ4v) is 2.71. The molecular weight excluding hydrogens is 334 g/mol. The van der Waals surface area contributed by atoms with Gasteiger partial charge in [-0.3, -0.25) is 10.1 Å². The zero-order valence-corrected chi connectivity index (χ0v) is 13.4. The summed E-state index contributed by atoms with van der Waals surface area (Å²) in [5.74, 6) is -0.425. The van der Waals surface area contributed by atoms with Crippen molar-refractivity contribution in [3.05, 3.63) is 64.9 Å². The van der Waals surface area contributed by atoms with Crippen molar-refractivity contribution in [2.24, 2.45) is 0 Å². The highest BCUT2D eigenvalue weighted by Gasteiger charge is 2.11. The lowest BCUT2D eigenvalue weighted by molar-refractivity contribution is -0.111. The summed E-state index contributed by atoms with van der Waals surface area (Å²) in [6, 6.07) is 6.80. The van der Waals surface area contributed by atoms with Crippen LogP contribution in [0.25, 0.3) is 17.3 Å². The third kappa shape index (κ3) is 3.75. The maximum absolute atomic E-state index is 13.7. The van der Waals surface area contributed by atoms with Crippen LogP contribution in [0, 0.1) is 18.6 Å². The number of aromatic nitrogens is 1. The van der Waals surface area contributed by atoms with E-state index in [-0.39, 0.29) is 11.5 Å². The summed E-state index contributed by atoms with van der Waals surface area (Å²) in [4.78, 5) is 16.0. The van der Waals surface area contributed by atoms with Gasteiger partial charge < -0.3 is 4.42 Å². The van der Waals surface area contributed by atoms with Gasteiger partial charge in [0.25, 0.3) is 0 Å². The first-order chi connectivity index (χ1) is 11.5. The molecule has 0 bridgehead atoms. The van der Waals surface area contributed by atoms with Crippen LogP contribution in [0.1, 0.15) is 11.5 Å². The van der Waals surface area contributed by atoms with Crippen LogP contribution in [-0.4, -0.2) is 10.9 Å². The number of furan rings is 1. The highest BCUT2D eigenvalue weighted by atomic mass is 32.1. The number of hydrogen-bond donors (Lipinski definition) is 1. The quantitative estimate of drug-likeness (QED) is 0.700. The van der Waals surface area contributed by atoms with Gasteiger partial charge in [-0.2, -0.15) is 0 Å². The molecule has 0 aliphatic rings. The van der Waals surface area contributed by atoms with Gasteiger partial charge in [0, 0.05) is 23.1 Å². The largest absolute Gasteiger partial charge is 0.462 e. The van der Waals surface area contributed by atoms with Gasteiger partial charge in [-0.1, -0.05) is 0 Å². The number of benzene rings is 1. The summed E-state index contributed by atoms with van der Waals surface area (Å²) in [5.41, 5.74) is 0.508. The highest BCUT2D eigenvalue weighted by Crippen LogP contribution is 2.27. The maximum atomic E-state index is 13.7. The summed E-state index contributed by atoms with van der Waals surface area (Å²) >= 11 is 1.15. The Morgan fingerprint density at radius 2 is 2.12 bits per heavy atom. The molecule has 1 aromatic carbocycles. The molecule has 0 saturated heterocycles. The molecule has 3 rings (SSSR count). The average molecular weight is 346 g/mol. The molecule has 0 spiro atoms. The van der Waals surface area contributed by atoms with E-state index in [1.807, 2.05) is 6.92 Å². The van der Waals surface area contributed by atoms with Crippen LogP contribution in [-0.2, 0) is 4.79 Å². The number of nitrogens with one attached hydrogen (secondary N) is 1. The molecule has 1 N–H and O–H groups in total. The number of rotatable bonds is 4. The molecular formula is C17H12F2N2O2S. The number of carbonyl (C=O) groups is 1. The monoisotopic (exact) mass is 346 g/mol. The van der Waals surface area contributed by atoms with Gasteiger partial charge in [-0.15, -0.1) is 11.3 Å². The van der Waals surface area contributed by atoms with Crippen LogP contribution < -0.4 is 5.32 Å². The second-order valence-corrected chi connectivity index (χ2v) is 5.79. The fraction of sp³-hybridized carbons (Fsp3) is 0.0588. The van der Waals surface area contributed by atoms with Crippen LogP contribution in [0.2, 0.25) is 0 Å². The van der Waals surface area contributed by atoms with Crippen molar-refractivity contribution in [1.29, 1.82) is 0 Å². The first-order valence-electron chi connectivity index (χ1n) is 6.98. The van der Waals surface area contributed by atoms with Crippen LogP contribution in [0.15, 0.2) is 46.2 Å². The van der Waals surface area contributed by atoms with Crippen molar-refractivity contribution >= 4 is 28.5 Å². The molecule has 0 aliphatic heterocycles. The first-order valence-corrected chi connectivity index (χ1v) is 7.86. The third-order valence-electron chi connectivity index (χ3n) is 3.10. The van der Waals surface area contributed by atoms with E-state index in [1.54, 1.807) is 17.5 Å². The minimum atomic E-state index is -0.703. The second kappa shape index (κ2) is 6.76. The van der Waals surface area contributed by atoms with Crippen LogP contribution in [0.3, 0.4) is 0 Å². The van der Waals surface area contributed by atoms with Gasteiger partial charge in [-0.05, 0) is 37.3 Å². The third-order valence-corrected chi connectivity index (χ3v) is 3.86. The Kier molecular flexibility index (Phi) is 4.52. The standard InChI is InChI=1S/C17H12F2N2O2S/c1-10-2-4-12(23-10)5-7-16(22)21-17-20-15(9-24-17)13-6-3-11(18)8-14(13)19/h2-9H,1H3,(H,20,21,22). The first kappa shape index (κ1) is 16.1. The zero-order chi connectivity index (χ0) is 17.1. The van der Waals surface area contributed by atoms with Gasteiger partial charge in [0.2, 0.25) is 5.91 Å². The summed E-state index contributed by atoms with van der Waals surface area (Å²) in [6.07, 6.45) is 2.86. The number of thiazole rings is 1. The van der Waals surface area contributed by atoms with E-state index in [0.717, 1.165) is 29.2 Å². The number of carbonyl (C=O) groups excluding carboxylic acids is 1. The van der Waals surface area contributed by atoms with E-state index in [9.17, 15) is 13.6 Å². The Balaban J connectivity index is 1.69. The minimum absolute atomic E-state index is 0.176. The van der Waals surface area contributed by atoms with Crippen molar-refractivity contribution in [3.63, 3.8) is 0 Å². The van der Waals surface area contributed by atoms with E-state index >= 15 is 0 Å². The molecule has 24 heavy (non-hydrogen) atoms. The van der Waals surface area contributed by atoms with Crippen molar-refractivity contribution in [2.75, 3.05) is 5.32 Å². The van der Waals surface area contributed by atoms with Crippen molar-refractivity contribution in [2.45, 2.75) is 6.92 Å². The van der Waals surface area contributed by atoms with E-state index in [2.05, 4.69) is 10.3 Å². The van der Waals surface area contributed by atoms with E-state index in [4.69, 9.17) is 4.42 Å². The molecule has 0 aliphatic carbocycles. The lowest BCUT2D eigenvalue weighted by Crippen LogP contribution is -2.07. The van der Waals surface area contributed by atoms with E-state index in [0.29, 0.717) is 16.6 Å². The predicted molar refractivity (Wildman–Crippen MR) is 88.6 cm³/mol. The van der Waals surface area contributed by atoms with Gasteiger partial charge >= 0.3 is 0 Å². The van der Waals surface area contributed by atoms with Crippen LogP contribution >= 0.6 is 11.3 Å². The SMILES string of the molecule is Cc1ccc(C=CC(=O)Nc2nc(-c3ccc(F)cc3F)cs2)o1. The van der Waals surface area contributed by atoms with Crippen LogP contribution in [0.5, 0.6) is 0 Å². The molecule has 0 unspecified atom stereocenters. The number of amides is 1. The Morgan fingerprint density at radius 3 is 2.83 bits per heavy atom. The number of halogens is 2. The molecule has 3 aromatic rings. The maximum Gasteiger partial charge on any atom is 0.250 e. The van der Waals surface area contributed by atoms with E-state index in [1.165, 1.54) is 18.2 Å². The predicted octanol–water partition coefficient (Wildman–Crippen LogP) is 4.64. The molecule has 0 fully saturated rings. The summed E-state index contributed by atoms with van der Waals surface area (Å²) < 4.78 is 32.0. The minimum Gasteiger partial charge on any atom is -0.462 e. The van der Waals surface area contributed by atoms with Crippen molar-refractivity contribution in [1.82, 2.24) is 4.98 Å². The van der Waals surface area contributed by atoms with Gasteiger partial charge in [0.1, 0.15) is 23.2 Å². The fourth-order valence-electron chi connectivity index (χ4n) is 2.00. The molecule has 0 atom stereocenters. The van der Waals surface area contributed by atoms with Crippen molar-refractivity contribution in [3.8, 4) is 11.3 Å². The number of nitrogens with zero attached hydrogens (tertiary/aromatic N) is 1.